The molecule has 112 valence electrons. The smallest absolute Gasteiger partial charge is 0.134 e. The Balaban J connectivity index is 0.000000711. The molecule has 0 spiro atoms. The van der Waals surface area contributed by atoms with Crippen molar-refractivity contribution in [1.82, 2.24) is 5.32 Å². The SMILES string of the molecule is CCCC(C)(CO)CC1(NC(=O)[O-])CC1.NC(=O)[O-]. The van der Waals surface area contributed by atoms with Crippen molar-refractivity contribution >= 4 is 12.2 Å². The lowest BCUT2D eigenvalue weighted by molar-refractivity contribution is -0.252. The molecule has 0 aliphatic heterocycles. The lowest BCUT2D eigenvalue weighted by Crippen LogP contribution is -2.47. The molecule has 7 nitrogen and oxygen atoms in total. The second-order valence-corrected chi connectivity index (χ2v) is 5.41. The quantitative estimate of drug-likeness (QED) is 0.566. The number of amides is 2. The summed E-state index contributed by atoms with van der Waals surface area (Å²) in [5.74, 6) is 0. The number of hydrogen-bond donors (Lipinski definition) is 3. The Hall–Kier alpha value is -1.50. The molecule has 1 aliphatic carbocycles. The number of rotatable bonds is 6. The molecule has 1 unspecified atom stereocenters. The summed E-state index contributed by atoms with van der Waals surface area (Å²) < 4.78 is 0. The van der Waals surface area contributed by atoms with Gasteiger partial charge in [-0.25, -0.2) is 0 Å². The fraction of sp³-hybridized carbons (Fsp3) is 0.833. The van der Waals surface area contributed by atoms with Crippen LogP contribution >= 0.6 is 0 Å². The molecule has 7 heteroatoms. The highest BCUT2D eigenvalue weighted by Crippen LogP contribution is 2.46. The third-order valence-electron chi connectivity index (χ3n) is 3.22. The number of carboxylic acid groups (broad SMARTS) is 2. The molecule has 0 bridgehead atoms. The van der Waals surface area contributed by atoms with Crippen LogP contribution in [-0.2, 0) is 0 Å². The van der Waals surface area contributed by atoms with Crippen LogP contribution in [0.3, 0.4) is 0 Å². The van der Waals surface area contributed by atoms with Gasteiger partial charge in [-0.3, -0.25) is 0 Å². The molecule has 19 heavy (non-hydrogen) atoms. The van der Waals surface area contributed by atoms with Crippen LogP contribution in [0.5, 0.6) is 0 Å². The van der Waals surface area contributed by atoms with E-state index in [1.54, 1.807) is 0 Å². The van der Waals surface area contributed by atoms with E-state index in [2.05, 4.69) is 18.0 Å². The maximum atomic E-state index is 10.5. The monoisotopic (exact) mass is 274 g/mol. The first-order valence-corrected chi connectivity index (χ1v) is 6.25. The van der Waals surface area contributed by atoms with E-state index in [4.69, 9.17) is 9.90 Å². The van der Waals surface area contributed by atoms with E-state index in [1.807, 2.05) is 6.92 Å². The number of primary amides is 1. The largest absolute Gasteiger partial charge is 0.530 e. The minimum Gasteiger partial charge on any atom is -0.530 e. The average molecular weight is 274 g/mol. The number of nitrogens with two attached hydrogens (primary N) is 1. The fourth-order valence-electron chi connectivity index (χ4n) is 2.36. The second-order valence-electron chi connectivity index (χ2n) is 5.41. The van der Waals surface area contributed by atoms with Gasteiger partial charge in [0, 0.05) is 12.1 Å². The zero-order valence-corrected chi connectivity index (χ0v) is 11.4. The summed E-state index contributed by atoms with van der Waals surface area (Å²) in [4.78, 5) is 19.2. The predicted molar refractivity (Wildman–Crippen MR) is 64.8 cm³/mol. The highest BCUT2D eigenvalue weighted by molar-refractivity contribution is 5.64. The molecule has 0 aromatic rings. The van der Waals surface area contributed by atoms with Crippen molar-refractivity contribution < 1.29 is 24.9 Å². The third kappa shape index (κ3) is 7.50. The van der Waals surface area contributed by atoms with Gasteiger partial charge in [0.05, 0.1) is 0 Å². The molecule has 1 aliphatic rings. The molecule has 1 rings (SSSR count). The summed E-state index contributed by atoms with van der Waals surface area (Å²) >= 11 is 0. The van der Waals surface area contributed by atoms with Crippen molar-refractivity contribution in [2.24, 2.45) is 11.1 Å². The van der Waals surface area contributed by atoms with Crippen molar-refractivity contribution in [2.75, 3.05) is 6.61 Å². The summed E-state index contributed by atoms with van der Waals surface area (Å²) in [5, 5.41) is 31.0. The molecule has 1 saturated carbocycles. The van der Waals surface area contributed by atoms with Gasteiger partial charge in [0.15, 0.2) is 0 Å². The summed E-state index contributed by atoms with van der Waals surface area (Å²) in [6, 6.07) is 0. The van der Waals surface area contributed by atoms with Gasteiger partial charge >= 0.3 is 0 Å². The number of nitrogens with one attached hydrogen (secondary N) is 1. The van der Waals surface area contributed by atoms with E-state index in [9.17, 15) is 15.0 Å². The molecule has 0 radical (unpaired) electrons. The summed E-state index contributed by atoms with van der Waals surface area (Å²) in [7, 11) is 0. The van der Waals surface area contributed by atoms with Gasteiger partial charge < -0.3 is 36.0 Å². The number of hydrogen-bond acceptors (Lipinski definition) is 5. The molecule has 4 N–H and O–H groups in total. The van der Waals surface area contributed by atoms with Crippen LogP contribution in [0.1, 0.15) is 46.0 Å². The van der Waals surface area contributed by atoms with Gasteiger partial charge in [-0.05, 0) is 31.1 Å². The Bertz CT molecular complexity index is 313. The Morgan fingerprint density at radius 2 is 1.89 bits per heavy atom. The molecular formula is C12H22N2O5-2. The first kappa shape index (κ1) is 17.5. The van der Waals surface area contributed by atoms with E-state index in [0.717, 1.165) is 25.7 Å². The fourth-order valence-corrected chi connectivity index (χ4v) is 2.36. The zero-order chi connectivity index (χ0) is 15.1. The minimum atomic E-state index is -1.58. The minimum absolute atomic E-state index is 0.108. The third-order valence-corrected chi connectivity index (χ3v) is 3.22. The highest BCUT2D eigenvalue weighted by atomic mass is 16.4. The van der Waals surface area contributed by atoms with E-state index >= 15 is 0 Å². The van der Waals surface area contributed by atoms with Crippen LogP contribution in [0.2, 0.25) is 0 Å². The second kappa shape index (κ2) is 7.18. The van der Waals surface area contributed by atoms with Crippen LogP contribution in [0, 0.1) is 5.41 Å². The zero-order valence-electron chi connectivity index (χ0n) is 11.4. The Morgan fingerprint density at radius 3 is 2.16 bits per heavy atom. The van der Waals surface area contributed by atoms with Crippen LogP contribution < -0.4 is 21.3 Å². The number of carbonyl (C=O) groups is 2. The number of carbonyl (C=O) groups excluding carboxylic acids is 2. The Labute approximate surface area is 112 Å². The topological polar surface area (TPSA) is 139 Å². The molecule has 0 saturated heterocycles. The van der Waals surface area contributed by atoms with Gasteiger partial charge in [0.25, 0.3) is 0 Å². The first-order valence-electron chi connectivity index (χ1n) is 6.25. The van der Waals surface area contributed by atoms with E-state index in [1.165, 1.54) is 0 Å². The van der Waals surface area contributed by atoms with Gasteiger partial charge in [0.2, 0.25) is 0 Å². The van der Waals surface area contributed by atoms with Crippen molar-refractivity contribution in [3.63, 3.8) is 0 Å². The van der Waals surface area contributed by atoms with E-state index < -0.39 is 12.2 Å². The molecular weight excluding hydrogens is 252 g/mol. The van der Waals surface area contributed by atoms with Crippen molar-refractivity contribution in [1.29, 1.82) is 0 Å². The van der Waals surface area contributed by atoms with Crippen LogP contribution in [0.4, 0.5) is 9.59 Å². The van der Waals surface area contributed by atoms with E-state index in [-0.39, 0.29) is 17.6 Å². The Kier molecular flexibility index (Phi) is 6.61. The van der Waals surface area contributed by atoms with Gasteiger partial charge in [-0.2, -0.15) is 0 Å². The maximum Gasteiger partial charge on any atom is 0.134 e. The molecule has 0 aromatic heterocycles. The van der Waals surface area contributed by atoms with Gasteiger partial charge in [-0.15, -0.1) is 0 Å². The van der Waals surface area contributed by atoms with Gasteiger partial charge in [0.1, 0.15) is 12.2 Å². The lowest BCUT2D eigenvalue weighted by Gasteiger charge is -2.32. The lowest BCUT2D eigenvalue weighted by atomic mass is 9.79. The Morgan fingerprint density at radius 1 is 1.42 bits per heavy atom. The molecule has 1 atom stereocenters. The number of aliphatic hydroxyl groups excluding tert-OH is 1. The van der Waals surface area contributed by atoms with Gasteiger partial charge in [-0.1, -0.05) is 20.3 Å². The van der Waals surface area contributed by atoms with Crippen LogP contribution in [-0.4, -0.2) is 29.4 Å². The van der Waals surface area contributed by atoms with Crippen LogP contribution in [0.15, 0.2) is 0 Å². The molecule has 0 aromatic carbocycles. The number of aliphatic hydroxyl groups is 1. The van der Waals surface area contributed by atoms with E-state index in [0.29, 0.717) is 6.42 Å². The highest BCUT2D eigenvalue weighted by Gasteiger charge is 2.47. The molecule has 2 amide bonds. The summed E-state index contributed by atoms with van der Waals surface area (Å²) in [6.07, 6.45) is 1.56. The van der Waals surface area contributed by atoms with Crippen molar-refractivity contribution in [2.45, 2.75) is 51.5 Å². The van der Waals surface area contributed by atoms with Crippen LogP contribution in [0.25, 0.3) is 0 Å². The molecule has 1 fully saturated rings. The normalized spacial score (nSPS) is 18.5. The average Bonchev–Trinajstić information content (AvgIpc) is 2.95. The predicted octanol–water partition coefficient (Wildman–Crippen LogP) is -1.07. The maximum absolute atomic E-state index is 10.5. The summed E-state index contributed by atoms with van der Waals surface area (Å²) in [5.41, 5.74) is 3.43. The van der Waals surface area contributed by atoms with Crippen molar-refractivity contribution in [3.05, 3.63) is 0 Å². The molecule has 0 heterocycles. The summed E-state index contributed by atoms with van der Waals surface area (Å²) in [6.45, 7) is 4.19. The van der Waals surface area contributed by atoms with Crippen molar-refractivity contribution in [3.8, 4) is 0 Å². The first-order chi connectivity index (χ1) is 8.68. The standard InChI is InChI=1S/C11H21NO3.CH3NO2/c1-3-4-10(2,8-13)7-11(5-6-11)12-9(14)15;2-1(3)4/h12-13H,3-8H2,1-2H3,(H,14,15);2H2,(H,3,4)/p-2.